The van der Waals surface area contributed by atoms with Crippen molar-refractivity contribution in [1.82, 2.24) is 19.8 Å². The fourth-order valence-corrected chi connectivity index (χ4v) is 1.08. The van der Waals surface area contributed by atoms with Crippen LogP contribution in [0.2, 0.25) is 0 Å². The number of aromatic nitrogens is 4. The van der Waals surface area contributed by atoms with Gasteiger partial charge in [0.25, 0.3) is 0 Å². The number of hydrogen-bond acceptors (Lipinski definition) is 3. The zero-order chi connectivity index (χ0) is 8.39. The summed E-state index contributed by atoms with van der Waals surface area (Å²) < 4.78 is 1.71. The van der Waals surface area contributed by atoms with Crippen molar-refractivity contribution in [2.24, 2.45) is 0 Å². The van der Waals surface area contributed by atoms with Crippen molar-refractivity contribution < 1.29 is 0 Å². The first-order valence-electron chi connectivity index (χ1n) is 3.67. The van der Waals surface area contributed by atoms with E-state index in [9.17, 15) is 0 Å². The van der Waals surface area contributed by atoms with E-state index in [-0.39, 0.29) is 0 Å². The predicted molar refractivity (Wildman–Crippen MR) is 44.7 cm³/mol. The lowest BCUT2D eigenvalue weighted by Crippen LogP contribution is -2.00. The van der Waals surface area contributed by atoms with E-state index < -0.39 is 0 Å². The first-order valence-corrected chi connectivity index (χ1v) is 3.67. The molecule has 0 unspecified atom stereocenters. The molecule has 0 fully saturated rings. The molecule has 0 atom stereocenters. The van der Waals surface area contributed by atoms with Crippen molar-refractivity contribution in [3.63, 3.8) is 0 Å². The second-order valence-electron chi connectivity index (χ2n) is 2.42. The summed E-state index contributed by atoms with van der Waals surface area (Å²) in [5.41, 5.74) is 0.960. The van der Waals surface area contributed by atoms with Crippen molar-refractivity contribution in [3.05, 3.63) is 36.9 Å². The van der Waals surface area contributed by atoms with Crippen LogP contribution in [0.5, 0.6) is 0 Å². The lowest BCUT2D eigenvalue weighted by molar-refractivity contribution is 0.779. The number of fused-ring (bicyclic) bond motifs is 1. The van der Waals surface area contributed by atoms with Crippen molar-refractivity contribution in [3.8, 4) is 0 Å². The largest absolute Gasteiger partial charge is 0.241 e. The van der Waals surface area contributed by atoms with E-state index in [0.29, 0.717) is 6.42 Å². The van der Waals surface area contributed by atoms with Gasteiger partial charge in [-0.05, 0) is 6.07 Å². The van der Waals surface area contributed by atoms with Crippen LogP contribution in [0.15, 0.2) is 31.1 Å². The Labute approximate surface area is 69.6 Å². The van der Waals surface area contributed by atoms with Crippen LogP contribution in [-0.4, -0.2) is 19.8 Å². The first kappa shape index (κ1) is 6.97. The summed E-state index contributed by atoms with van der Waals surface area (Å²) in [6, 6.07) is 1.87. The highest BCUT2D eigenvalue weighted by Crippen LogP contribution is 2.01. The van der Waals surface area contributed by atoms with E-state index in [1.54, 1.807) is 23.0 Å². The molecule has 0 saturated heterocycles. The highest BCUT2D eigenvalue weighted by Gasteiger charge is 1.99. The van der Waals surface area contributed by atoms with Crippen molar-refractivity contribution in [1.29, 1.82) is 0 Å². The number of allylic oxidation sites excluding steroid dienone is 1. The quantitative estimate of drug-likeness (QED) is 0.612. The molecule has 0 aliphatic rings. The summed E-state index contributed by atoms with van der Waals surface area (Å²) in [4.78, 5) is 4.16. The van der Waals surface area contributed by atoms with E-state index in [4.69, 9.17) is 0 Å². The minimum absolute atomic E-state index is 0.709. The molecular formula is C8H8N4. The third-order valence-electron chi connectivity index (χ3n) is 1.62. The molecule has 0 aliphatic carbocycles. The molecule has 2 heterocycles. The predicted octanol–water partition coefficient (Wildman–Crippen LogP) is 0.853. The van der Waals surface area contributed by atoms with Crippen LogP contribution in [0.1, 0.15) is 5.82 Å². The highest BCUT2D eigenvalue weighted by molar-refractivity contribution is 5.42. The molecule has 2 rings (SSSR count). The molecule has 0 amide bonds. The summed E-state index contributed by atoms with van der Waals surface area (Å²) in [6.45, 7) is 3.65. The van der Waals surface area contributed by atoms with Gasteiger partial charge in [0, 0.05) is 12.6 Å². The van der Waals surface area contributed by atoms with Crippen LogP contribution < -0.4 is 0 Å². The summed E-state index contributed by atoms with van der Waals surface area (Å²) in [7, 11) is 0. The average Bonchev–Trinajstić information content (AvgIpc) is 2.53. The van der Waals surface area contributed by atoms with E-state index in [1.165, 1.54) is 0 Å². The second kappa shape index (κ2) is 2.73. The average molecular weight is 160 g/mol. The smallest absolute Gasteiger partial charge is 0.135 e. The lowest BCUT2D eigenvalue weighted by Gasteiger charge is -1.97. The normalized spacial score (nSPS) is 10.3. The molecule has 12 heavy (non-hydrogen) atoms. The van der Waals surface area contributed by atoms with Gasteiger partial charge in [0.05, 0.1) is 11.7 Å². The molecule has 0 aromatic carbocycles. The number of nitrogens with zero attached hydrogens (tertiary/aromatic N) is 4. The van der Waals surface area contributed by atoms with Gasteiger partial charge in [-0.1, -0.05) is 11.3 Å². The Morgan fingerprint density at radius 1 is 1.58 bits per heavy atom. The Morgan fingerprint density at radius 3 is 3.33 bits per heavy atom. The van der Waals surface area contributed by atoms with Crippen molar-refractivity contribution >= 4 is 5.52 Å². The van der Waals surface area contributed by atoms with Crippen LogP contribution in [0.3, 0.4) is 0 Å². The zero-order valence-electron chi connectivity index (χ0n) is 6.51. The molecule has 0 aliphatic heterocycles. The van der Waals surface area contributed by atoms with Crippen molar-refractivity contribution in [2.75, 3.05) is 0 Å². The third kappa shape index (κ3) is 0.972. The summed E-state index contributed by atoms with van der Waals surface area (Å²) in [5, 5.41) is 7.68. The molecule has 60 valence electrons. The molecule has 0 radical (unpaired) electrons. The van der Waals surface area contributed by atoms with Gasteiger partial charge in [-0.15, -0.1) is 11.7 Å². The Bertz CT molecular complexity index is 404. The Morgan fingerprint density at radius 2 is 2.50 bits per heavy atom. The van der Waals surface area contributed by atoms with Gasteiger partial charge in [0.1, 0.15) is 5.82 Å². The first-order chi connectivity index (χ1) is 5.92. The van der Waals surface area contributed by atoms with Gasteiger partial charge < -0.3 is 0 Å². The fraction of sp³-hybridized carbons (Fsp3) is 0.125. The number of rotatable bonds is 2. The molecule has 4 heteroatoms. The Balaban J connectivity index is 2.65. The lowest BCUT2D eigenvalue weighted by atomic mass is 10.4. The molecule has 2 aromatic rings. The zero-order valence-corrected chi connectivity index (χ0v) is 6.51. The maximum atomic E-state index is 4.16. The van der Waals surface area contributed by atoms with E-state index in [1.807, 2.05) is 6.07 Å². The van der Waals surface area contributed by atoms with E-state index >= 15 is 0 Å². The summed E-state index contributed by atoms with van der Waals surface area (Å²) >= 11 is 0. The maximum Gasteiger partial charge on any atom is 0.135 e. The van der Waals surface area contributed by atoms with Gasteiger partial charge >= 0.3 is 0 Å². The molecule has 0 bridgehead atoms. The molecule has 2 aromatic heterocycles. The Hall–Kier alpha value is -1.71. The molecule has 0 saturated carbocycles. The van der Waals surface area contributed by atoms with E-state index in [0.717, 1.165) is 11.3 Å². The van der Waals surface area contributed by atoms with Gasteiger partial charge in [0.15, 0.2) is 0 Å². The Kier molecular flexibility index (Phi) is 1.59. The van der Waals surface area contributed by atoms with Gasteiger partial charge in [0.2, 0.25) is 0 Å². The monoisotopic (exact) mass is 160 g/mol. The van der Waals surface area contributed by atoms with Crippen LogP contribution in [0.4, 0.5) is 0 Å². The number of hydrogen-bond donors (Lipinski definition) is 0. The molecule has 4 nitrogen and oxygen atoms in total. The molecule has 0 spiro atoms. The second-order valence-corrected chi connectivity index (χ2v) is 2.42. The molecule has 0 N–H and O–H groups in total. The summed E-state index contributed by atoms with van der Waals surface area (Å²) in [5.74, 6) is 0.861. The topological polar surface area (TPSA) is 43.1 Å². The van der Waals surface area contributed by atoms with Crippen LogP contribution in [0, 0.1) is 0 Å². The van der Waals surface area contributed by atoms with Crippen molar-refractivity contribution in [2.45, 2.75) is 6.42 Å². The maximum absolute atomic E-state index is 4.16. The SMILES string of the molecule is C=CCc1nccc2cnnn12. The third-order valence-corrected chi connectivity index (χ3v) is 1.62. The highest BCUT2D eigenvalue weighted by atomic mass is 15.4. The van der Waals surface area contributed by atoms with Gasteiger partial charge in [-0.25, -0.2) is 4.98 Å². The van der Waals surface area contributed by atoms with Crippen LogP contribution in [0.25, 0.3) is 5.52 Å². The standard InChI is InChI=1S/C8H8N4/c1-2-3-8-9-5-4-7-6-10-11-12(7)8/h2,4-6H,1,3H2. The van der Waals surface area contributed by atoms with Gasteiger partial charge in [-0.3, -0.25) is 0 Å². The minimum Gasteiger partial charge on any atom is -0.241 e. The minimum atomic E-state index is 0.709. The summed E-state index contributed by atoms with van der Waals surface area (Å²) in [6.07, 6.45) is 5.95. The molecular weight excluding hydrogens is 152 g/mol. The van der Waals surface area contributed by atoms with Gasteiger partial charge in [-0.2, -0.15) is 4.52 Å². The van der Waals surface area contributed by atoms with Crippen LogP contribution >= 0.6 is 0 Å². The van der Waals surface area contributed by atoms with Crippen LogP contribution in [-0.2, 0) is 6.42 Å². The fourth-order valence-electron chi connectivity index (χ4n) is 1.08. The van der Waals surface area contributed by atoms with E-state index in [2.05, 4.69) is 21.9 Å².